The van der Waals surface area contributed by atoms with E-state index in [2.05, 4.69) is 20.8 Å². The third-order valence-electron chi connectivity index (χ3n) is 22.2. The zero-order valence-corrected chi connectivity index (χ0v) is 49.0. The van der Waals surface area contributed by atoms with Crippen LogP contribution in [0, 0.1) is 52.3 Å². The van der Waals surface area contributed by atoms with Crippen molar-refractivity contribution in [1.29, 1.82) is 0 Å². The normalized spacial score (nSPS) is 55.3. The van der Waals surface area contributed by atoms with Crippen molar-refractivity contribution in [3.05, 3.63) is 0 Å². The van der Waals surface area contributed by atoms with Gasteiger partial charge in [0.15, 0.2) is 37.2 Å². The molecule has 18 N–H and O–H groups in total. The first-order valence-corrected chi connectivity index (χ1v) is 30.9. The van der Waals surface area contributed by atoms with Gasteiger partial charge in [0.1, 0.15) is 122 Å². The van der Waals surface area contributed by atoms with Crippen molar-refractivity contribution in [2.45, 2.75) is 263 Å². The lowest BCUT2D eigenvalue weighted by molar-refractivity contribution is -0.379. The fourth-order valence-corrected chi connectivity index (χ4v) is 17.1. The van der Waals surface area contributed by atoms with Crippen LogP contribution in [0.2, 0.25) is 0 Å². The number of ether oxygens (including phenoxy) is 11. The highest BCUT2D eigenvalue weighted by atomic mass is 16.8. The first-order chi connectivity index (χ1) is 40.8. The Balaban J connectivity index is 0.697. The lowest BCUT2D eigenvalue weighted by atomic mass is 9.44. The van der Waals surface area contributed by atoms with Gasteiger partial charge in [-0.15, -0.1) is 0 Å². The molecule has 0 aromatic carbocycles. The van der Waals surface area contributed by atoms with Gasteiger partial charge < -0.3 is 144 Å². The second-order valence-electron chi connectivity index (χ2n) is 27.1. The van der Waals surface area contributed by atoms with Gasteiger partial charge >= 0.3 is 0 Å². The summed E-state index contributed by atoms with van der Waals surface area (Å²) in [7, 11) is 0. The van der Waals surface area contributed by atoms with Crippen LogP contribution in [0.15, 0.2) is 0 Å². The molecule has 10 fully saturated rings. The highest BCUT2D eigenvalue weighted by Crippen LogP contribution is 2.71. The second kappa shape index (κ2) is 27.1. The number of fused-ring (bicyclic) bond motifs is 7. The molecule has 6 aliphatic heterocycles. The summed E-state index contributed by atoms with van der Waals surface area (Å²) in [6, 6.07) is 0. The number of rotatable bonds is 19. The van der Waals surface area contributed by atoms with Crippen molar-refractivity contribution in [3.63, 3.8) is 0 Å². The summed E-state index contributed by atoms with van der Waals surface area (Å²) in [6.07, 6.45) is -33.6. The van der Waals surface area contributed by atoms with Crippen molar-refractivity contribution in [2.75, 3.05) is 39.6 Å². The topological polar surface area (TPSA) is 466 Å². The Labute approximate surface area is 498 Å². The molecule has 0 bridgehead atoms. The fraction of sp³-hybridized carbons (Fsp3) is 1.00. The Morgan fingerprint density at radius 2 is 0.919 bits per heavy atom. The summed E-state index contributed by atoms with van der Waals surface area (Å²) in [5, 5.41) is 191. The Hall–Kier alpha value is -1.16. The molecule has 10 rings (SSSR count). The maximum absolute atomic E-state index is 12.3. The Morgan fingerprint density at radius 1 is 0.465 bits per heavy atom. The van der Waals surface area contributed by atoms with E-state index in [4.69, 9.17) is 52.1 Å². The van der Waals surface area contributed by atoms with E-state index in [-0.39, 0.29) is 53.3 Å². The predicted molar refractivity (Wildman–Crippen MR) is 284 cm³/mol. The van der Waals surface area contributed by atoms with Gasteiger partial charge in [-0.2, -0.15) is 0 Å². The SMILES string of the molecule is C[C@@H](CCC1(O)O[C@H]2C[C@H]3[C@@H]4CC[C@@H]5C[C@@H](O[C@@H]6O[C@H](CO)[C@H](O)[C@H](O)[C@H]6O[C@@H]6O[C@H](CO)[C@@H](O)[C@H](O)[C@H]6O)CC[C@]5(C)[C@H]4CC[C@]3(C)[C@H]2[C@@H]1C)CO[C@@H]1O[C@H](CO)[C@@H](O[C@H]2O[C@H](CO)[C@@H](O[C@H]3O[C@H](CO)[C@@H](O)[C@H](O)[C@H]3O)[C@H](O)[C@H]2O)[C@H](O)[C@H]1O. The molecule has 0 amide bonds. The minimum absolute atomic E-state index is 0.00185. The van der Waals surface area contributed by atoms with Crippen molar-refractivity contribution in [3.8, 4) is 0 Å². The number of aliphatic hydroxyl groups is 18. The first kappa shape index (κ1) is 67.7. The summed E-state index contributed by atoms with van der Waals surface area (Å²) in [5.74, 6) is -0.230. The molecule has 6 saturated heterocycles. The molecule has 0 radical (unpaired) electrons. The third-order valence-corrected chi connectivity index (χ3v) is 22.2. The summed E-state index contributed by atoms with van der Waals surface area (Å²) >= 11 is 0. The van der Waals surface area contributed by atoms with E-state index in [1.807, 2.05) is 6.92 Å². The molecule has 1 unspecified atom stereocenters. The second-order valence-corrected chi connectivity index (χ2v) is 27.1. The molecule has 37 atom stereocenters. The van der Waals surface area contributed by atoms with Crippen LogP contribution in [0.4, 0.5) is 0 Å². The molecular weight excluding hydrogens is 1150 g/mol. The summed E-state index contributed by atoms with van der Waals surface area (Å²) in [4.78, 5) is 0. The number of hydrogen-bond donors (Lipinski definition) is 18. The number of aliphatic hydroxyl groups excluding tert-OH is 17. The number of hydrogen-bond acceptors (Lipinski definition) is 29. The Kier molecular flexibility index (Phi) is 21.3. The molecule has 10 aliphatic rings. The lowest BCUT2D eigenvalue weighted by Crippen LogP contribution is -2.66. The fourth-order valence-electron chi connectivity index (χ4n) is 17.1. The standard InChI is InChI=1S/C57H96O29/c1-21(20-76-50-45(73)41(69)47(32(18-61)81-50)84-53-46(74)42(70)48(33(19-62)82-53)83-51-43(71)38(66)35(63)29(15-58)78-51)7-12-57(75)22(2)34-28(86-57)14-27-25-6-5-23-13-24(8-10-55(23,3)26(25)9-11-56(27,34)4)77-54-49(40(68)37(65)31(17-60)80-54)85-52-44(72)39(67)36(64)30(16-59)79-52/h21-54,58-75H,5-20H2,1-4H3/t21-,22-,23+,24-,25+,26-,27-,28-,29+,30+,31+,32+,33+,34-,35+,36+,37-,38-,39-,40-,41+,42+,43+,44+,45+,46+,47+,48+,49+,50+,51+,52-,53+,54+,55-,56-,57?/m0/s1. The Bertz CT molecular complexity index is 2190. The molecule has 86 heavy (non-hydrogen) atoms. The zero-order valence-electron chi connectivity index (χ0n) is 49.0. The molecule has 0 aromatic rings. The molecule has 4 aliphatic carbocycles. The van der Waals surface area contributed by atoms with Crippen LogP contribution in [0.25, 0.3) is 0 Å². The van der Waals surface area contributed by atoms with Crippen LogP contribution in [-0.4, -0.2) is 303 Å². The lowest BCUT2D eigenvalue weighted by Gasteiger charge is -2.61. The van der Waals surface area contributed by atoms with E-state index in [0.717, 1.165) is 38.5 Å². The largest absolute Gasteiger partial charge is 0.394 e. The van der Waals surface area contributed by atoms with Gasteiger partial charge in [0.25, 0.3) is 0 Å². The van der Waals surface area contributed by atoms with Crippen LogP contribution in [0.5, 0.6) is 0 Å². The molecule has 6 heterocycles. The van der Waals surface area contributed by atoms with E-state index in [0.29, 0.717) is 43.4 Å². The van der Waals surface area contributed by atoms with E-state index < -0.39 is 192 Å². The van der Waals surface area contributed by atoms with Gasteiger partial charge in [0, 0.05) is 12.3 Å². The van der Waals surface area contributed by atoms with Crippen molar-refractivity contribution in [1.82, 2.24) is 0 Å². The quantitative estimate of drug-likeness (QED) is 0.0535. The minimum atomic E-state index is -1.97. The Morgan fingerprint density at radius 3 is 1.47 bits per heavy atom. The molecule has 0 aromatic heterocycles. The highest BCUT2D eigenvalue weighted by molar-refractivity contribution is 5.15. The molecular formula is C57H96O29. The zero-order chi connectivity index (χ0) is 62.2. The van der Waals surface area contributed by atoms with Gasteiger partial charge in [-0.1, -0.05) is 27.7 Å². The molecule has 0 spiro atoms. The van der Waals surface area contributed by atoms with Crippen LogP contribution < -0.4 is 0 Å². The maximum Gasteiger partial charge on any atom is 0.187 e. The van der Waals surface area contributed by atoms with Crippen LogP contribution in [0.3, 0.4) is 0 Å². The minimum Gasteiger partial charge on any atom is -0.394 e. The predicted octanol–water partition coefficient (Wildman–Crippen LogP) is -6.13. The molecule has 498 valence electrons. The van der Waals surface area contributed by atoms with Gasteiger partial charge in [0.2, 0.25) is 0 Å². The third kappa shape index (κ3) is 12.4. The summed E-state index contributed by atoms with van der Waals surface area (Å²) in [5.41, 5.74) is -0.107. The van der Waals surface area contributed by atoms with Crippen LogP contribution >= 0.6 is 0 Å². The van der Waals surface area contributed by atoms with E-state index in [1.165, 1.54) is 0 Å². The van der Waals surface area contributed by atoms with E-state index >= 15 is 0 Å². The monoisotopic (exact) mass is 1240 g/mol. The van der Waals surface area contributed by atoms with Gasteiger partial charge in [-0.3, -0.25) is 0 Å². The highest BCUT2D eigenvalue weighted by Gasteiger charge is 2.69. The average Bonchev–Trinajstić information content (AvgIpc) is 1.50. The maximum atomic E-state index is 12.3. The first-order valence-electron chi connectivity index (χ1n) is 30.9. The van der Waals surface area contributed by atoms with Crippen molar-refractivity contribution >= 4 is 0 Å². The van der Waals surface area contributed by atoms with Crippen LogP contribution in [0.1, 0.15) is 91.9 Å². The smallest absolute Gasteiger partial charge is 0.187 e. The summed E-state index contributed by atoms with van der Waals surface area (Å²) in [6.45, 7) is 5.00. The molecule has 29 heteroatoms. The van der Waals surface area contributed by atoms with E-state index in [9.17, 15) is 91.9 Å². The summed E-state index contributed by atoms with van der Waals surface area (Å²) < 4.78 is 65.1. The average molecular weight is 1250 g/mol. The van der Waals surface area contributed by atoms with Crippen molar-refractivity contribution in [2.24, 2.45) is 52.3 Å². The van der Waals surface area contributed by atoms with Crippen molar-refractivity contribution < 1.29 is 144 Å². The van der Waals surface area contributed by atoms with Crippen LogP contribution in [-0.2, 0) is 52.1 Å². The molecule has 4 saturated carbocycles. The van der Waals surface area contributed by atoms with Gasteiger partial charge in [-0.05, 0) is 104 Å². The van der Waals surface area contributed by atoms with Gasteiger partial charge in [0.05, 0.1) is 51.8 Å². The molecule has 29 nitrogen and oxygen atoms in total. The van der Waals surface area contributed by atoms with E-state index in [1.54, 1.807) is 0 Å². The van der Waals surface area contributed by atoms with Gasteiger partial charge in [-0.25, -0.2) is 0 Å².